The van der Waals surface area contributed by atoms with Crippen LogP contribution >= 0.6 is 0 Å². The minimum absolute atomic E-state index is 0.0618. The van der Waals surface area contributed by atoms with Crippen LogP contribution in [0.4, 0.5) is 10.1 Å². The van der Waals surface area contributed by atoms with Crippen LogP contribution in [0.3, 0.4) is 0 Å². The van der Waals surface area contributed by atoms with Crippen LogP contribution in [-0.4, -0.2) is 51.5 Å². The molecular formula is C24H24FN5O2. The Hall–Kier alpha value is -3.55. The van der Waals surface area contributed by atoms with Gasteiger partial charge in [-0.15, -0.1) is 0 Å². The van der Waals surface area contributed by atoms with E-state index >= 15 is 0 Å². The molecule has 7 nitrogen and oxygen atoms in total. The molecule has 5 rings (SSSR count). The Balaban J connectivity index is 1.47. The smallest absolute Gasteiger partial charge is 0.256 e. The molecule has 0 aliphatic carbocycles. The van der Waals surface area contributed by atoms with E-state index in [2.05, 4.69) is 14.9 Å². The molecule has 3 aromatic rings. The summed E-state index contributed by atoms with van der Waals surface area (Å²) in [6, 6.07) is 7.99. The molecule has 164 valence electrons. The van der Waals surface area contributed by atoms with Gasteiger partial charge in [0, 0.05) is 73.7 Å². The highest BCUT2D eigenvalue weighted by Crippen LogP contribution is 2.29. The van der Waals surface area contributed by atoms with Crippen LogP contribution in [0.5, 0.6) is 0 Å². The largest absolute Gasteiger partial charge is 0.368 e. The van der Waals surface area contributed by atoms with Crippen molar-refractivity contribution in [2.24, 2.45) is 0 Å². The lowest BCUT2D eigenvalue weighted by Gasteiger charge is -2.37. The molecule has 0 saturated carbocycles. The molecule has 4 heterocycles. The average molecular weight is 433 g/mol. The molecule has 0 spiro atoms. The van der Waals surface area contributed by atoms with Gasteiger partial charge in [0.25, 0.3) is 11.5 Å². The number of hydrogen-bond acceptors (Lipinski definition) is 5. The van der Waals surface area contributed by atoms with E-state index in [1.807, 2.05) is 4.90 Å². The van der Waals surface area contributed by atoms with E-state index in [-0.39, 0.29) is 17.3 Å². The standard InChI is InChI=1S/C24H24FN5O2/c25-18-4-6-19(7-5-18)28-9-11-29(12-10-28)24(32)23-20(17-14-26-16-27-15-17)13-22(31)30-8-2-1-3-21(23)30/h4-7,13-16H,1-3,8-12H2. The topological polar surface area (TPSA) is 71.3 Å². The van der Waals surface area contributed by atoms with E-state index in [1.165, 1.54) is 18.5 Å². The maximum Gasteiger partial charge on any atom is 0.256 e. The lowest BCUT2D eigenvalue weighted by Crippen LogP contribution is -2.49. The van der Waals surface area contributed by atoms with Gasteiger partial charge >= 0.3 is 0 Å². The molecular weight excluding hydrogens is 409 g/mol. The third-order valence-corrected chi connectivity index (χ3v) is 6.31. The van der Waals surface area contributed by atoms with E-state index in [0.29, 0.717) is 55.8 Å². The van der Waals surface area contributed by atoms with Crippen LogP contribution in [0, 0.1) is 5.82 Å². The van der Waals surface area contributed by atoms with E-state index in [9.17, 15) is 14.0 Å². The summed E-state index contributed by atoms with van der Waals surface area (Å²) in [5.41, 5.74) is 3.55. The summed E-state index contributed by atoms with van der Waals surface area (Å²) >= 11 is 0. The van der Waals surface area contributed by atoms with Gasteiger partial charge in [0.05, 0.1) is 5.56 Å². The monoisotopic (exact) mass is 433 g/mol. The number of piperazine rings is 1. The zero-order valence-electron chi connectivity index (χ0n) is 17.7. The SMILES string of the molecule is O=C(c1c(-c2cncnc2)cc(=O)n2c1CCCC2)N1CCN(c2ccc(F)cc2)CC1. The molecule has 2 aliphatic rings. The average Bonchev–Trinajstić information content (AvgIpc) is 2.85. The van der Waals surface area contributed by atoms with E-state index in [0.717, 1.165) is 24.2 Å². The van der Waals surface area contributed by atoms with E-state index < -0.39 is 0 Å². The summed E-state index contributed by atoms with van der Waals surface area (Å²) in [5, 5.41) is 0. The van der Waals surface area contributed by atoms with Crippen molar-refractivity contribution in [3.05, 3.63) is 76.5 Å². The van der Waals surface area contributed by atoms with Crippen molar-refractivity contribution in [2.75, 3.05) is 31.1 Å². The number of amides is 1. The lowest BCUT2D eigenvalue weighted by molar-refractivity contribution is 0.0744. The Bertz CT molecular complexity index is 1190. The zero-order valence-corrected chi connectivity index (χ0v) is 17.7. The third kappa shape index (κ3) is 3.77. The summed E-state index contributed by atoms with van der Waals surface area (Å²) in [5.74, 6) is -0.322. The Morgan fingerprint density at radius 1 is 0.938 bits per heavy atom. The van der Waals surface area contributed by atoms with Crippen molar-refractivity contribution in [1.29, 1.82) is 0 Å². The number of nitrogens with zero attached hydrogens (tertiary/aromatic N) is 5. The summed E-state index contributed by atoms with van der Waals surface area (Å²) in [4.78, 5) is 38.7. The second-order valence-electron chi connectivity index (χ2n) is 8.21. The number of carbonyl (C=O) groups excluding carboxylic acids is 1. The molecule has 2 aromatic heterocycles. The predicted octanol–water partition coefficient (Wildman–Crippen LogP) is 2.74. The molecule has 0 unspecified atom stereocenters. The predicted molar refractivity (Wildman–Crippen MR) is 119 cm³/mol. The first-order chi connectivity index (χ1) is 15.6. The highest BCUT2D eigenvalue weighted by molar-refractivity contribution is 6.02. The molecule has 2 aliphatic heterocycles. The normalized spacial score (nSPS) is 16.0. The van der Waals surface area contributed by atoms with Gasteiger partial charge in [0.1, 0.15) is 12.1 Å². The van der Waals surface area contributed by atoms with Gasteiger partial charge < -0.3 is 14.4 Å². The first kappa shape index (κ1) is 20.4. The third-order valence-electron chi connectivity index (χ3n) is 6.31. The fourth-order valence-corrected chi connectivity index (χ4v) is 4.65. The quantitative estimate of drug-likeness (QED) is 0.635. The van der Waals surface area contributed by atoms with Gasteiger partial charge in [-0.05, 0) is 43.5 Å². The number of anilines is 1. The highest BCUT2D eigenvalue weighted by atomic mass is 19.1. The highest BCUT2D eigenvalue weighted by Gasteiger charge is 2.29. The summed E-state index contributed by atoms with van der Waals surface area (Å²) in [6.45, 7) is 3.07. The van der Waals surface area contributed by atoms with Gasteiger partial charge in [0.2, 0.25) is 0 Å². The second kappa shape index (κ2) is 8.53. The lowest BCUT2D eigenvalue weighted by atomic mass is 9.94. The molecule has 1 saturated heterocycles. The Morgan fingerprint density at radius 2 is 1.66 bits per heavy atom. The Labute approximate surface area is 185 Å². The van der Waals surface area contributed by atoms with Crippen LogP contribution in [0.15, 0.2) is 53.8 Å². The van der Waals surface area contributed by atoms with Crippen molar-refractivity contribution < 1.29 is 9.18 Å². The van der Waals surface area contributed by atoms with Crippen molar-refractivity contribution in [3.8, 4) is 11.1 Å². The van der Waals surface area contributed by atoms with Gasteiger partial charge in [0.15, 0.2) is 0 Å². The van der Waals surface area contributed by atoms with E-state index in [1.54, 1.807) is 35.2 Å². The van der Waals surface area contributed by atoms with Crippen LogP contribution in [0.1, 0.15) is 28.9 Å². The first-order valence-electron chi connectivity index (χ1n) is 10.9. The minimum Gasteiger partial charge on any atom is -0.368 e. The van der Waals surface area contributed by atoms with E-state index in [4.69, 9.17) is 0 Å². The molecule has 8 heteroatoms. The second-order valence-corrected chi connectivity index (χ2v) is 8.21. The van der Waals surface area contributed by atoms with Crippen LogP contribution < -0.4 is 10.5 Å². The number of pyridine rings is 1. The van der Waals surface area contributed by atoms with Crippen LogP contribution in [0.25, 0.3) is 11.1 Å². The molecule has 1 fully saturated rings. The van der Waals surface area contributed by atoms with Crippen molar-refractivity contribution in [3.63, 3.8) is 0 Å². The molecule has 1 amide bonds. The number of hydrogen-bond donors (Lipinski definition) is 0. The maximum absolute atomic E-state index is 13.8. The summed E-state index contributed by atoms with van der Waals surface area (Å²) in [6.07, 6.45) is 7.31. The van der Waals surface area contributed by atoms with Gasteiger partial charge in [-0.1, -0.05) is 0 Å². The van der Waals surface area contributed by atoms with Crippen molar-refractivity contribution >= 4 is 11.6 Å². The number of carbonyl (C=O) groups is 1. The van der Waals surface area contributed by atoms with Crippen LogP contribution in [-0.2, 0) is 13.0 Å². The minimum atomic E-state index is -0.260. The zero-order chi connectivity index (χ0) is 22.1. The number of halogens is 1. The Kier molecular flexibility index (Phi) is 5.43. The molecule has 32 heavy (non-hydrogen) atoms. The van der Waals surface area contributed by atoms with Gasteiger partial charge in [-0.3, -0.25) is 9.59 Å². The van der Waals surface area contributed by atoms with Gasteiger partial charge in [-0.2, -0.15) is 0 Å². The van der Waals surface area contributed by atoms with Crippen molar-refractivity contribution in [1.82, 2.24) is 19.4 Å². The van der Waals surface area contributed by atoms with Crippen LogP contribution in [0.2, 0.25) is 0 Å². The molecule has 1 aromatic carbocycles. The Morgan fingerprint density at radius 3 is 2.38 bits per heavy atom. The fraction of sp³-hybridized carbons (Fsp3) is 0.333. The molecule has 0 N–H and O–H groups in total. The van der Waals surface area contributed by atoms with Gasteiger partial charge in [-0.25, -0.2) is 14.4 Å². The number of aromatic nitrogens is 3. The summed E-state index contributed by atoms with van der Waals surface area (Å²) < 4.78 is 15.0. The molecule has 0 bridgehead atoms. The summed E-state index contributed by atoms with van der Waals surface area (Å²) in [7, 11) is 0. The number of fused-ring (bicyclic) bond motifs is 1. The van der Waals surface area contributed by atoms with Crippen molar-refractivity contribution in [2.45, 2.75) is 25.8 Å². The first-order valence-corrected chi connectivity index (χ1v) is 10.9. The number of rotatable bonds is 3. The fourth-order valence-electron chi connectivity index (χ4n) is 4.65. The maximum atomic E-state index is 13.8. The molecule has 0 radical (unpaired) electrons. The number of benzene rings is 1. The molecule has 0 atom stereocenters.